The van der Waals surface area contributed by atoms with Crippen molar-refractivity contribution in [2.24, 2.45) is 0 Å². The number of hydrogen-bond acceptors (Lipinski definition) is 3. The molecule has 0 aromatic rings. The summed E-state index contributed by atoms with van der Waals surface area (Å²) in [5.41, 5.74) is 0. The van der Waals surface area contributed by atoms with Gasteiger partial charge in [-0.15, -0.1) is 11.8 Å². The van der Waals surface area contributed by atoms with E-state index in [4.69, 9.17) is 4.74 Å². The van der Waals surface area contributed by atoms with Crippen molar-refractivity contribution in [2.75, 3.05) is 19.8 Å². The molecule has 78 valence electrons. The average Bonchev–Trinajstić information content (AvgIpc) is 2.06. The molecule has 0 spiro atoms. The van der Waals surface area contributed by atoms with Gasteiger partial charge in [0.1, 0.15) is 0 Å². The third kappa shape index (κ3) is 3.88. The van der Waals surface area contributed by atoms with Gasteiger partial charge < -0.3 is 10.1 Å². The predicted molar refractivity (Wildman–Crippen MR) is 59.4 cm³/mol. The summed E-state index contributed by atoms with van der Waals surface area (Å²) in [5.74, 6) is 0. The first-order valence-corrected chi connectivity index (χ1v) is 6.15. The van der Waals surface area contributed by atoms with Gasteiger partial charge in [0.05, 0.1) is 18.5 Å². The first-order chi connectivity index (χ1) is 6.24. The molecule has 2 unspecified atom stereocenters. The summed E-state index contributed by atoms with van der Waals surface area (Å²) in [5, 5.41) is 4.97. The van der Waals surface area contributed by atoms with Crippen molar-refractivity contribution in [3.63, 3.8) is 0 Å². The Morgan fingerprint density at radius 1 is 1.46 bits per heavy atom. The van der Waals surface area contributed by atoms with Crippen LogP contribution in [0, 0.1) is 0 Å². The van der Waals surface area contributed by atoms with Crippen molar-refractivity contribution >= 4 is 11.8 Å². The molecule has 1 rings (SSSR count). The van der Waals surface area contributed by atoms with Gasteiger partial charge in [0.15, 0.2) is 0 Å². The number of ether oxygens (including phenoxy) is 1. The van der Waals surface area contributed by atoms with E-state index in [0.717, 1.165) is 25.0 Å². The van der Waals surface area contributed by atoms with Gasteiger partial charge in [0.25, 0.3) is 0 Å². The van der Waals surface area contributed by atoms with Crippen LogP contribution in [0.1, 0.15) is 27.2 Å². The summed E-state index contributed by atoms with van der Waals surface area (Å²) in [4.78, 5) is 0. The maximum absolute atomic E-state index is 5.16. The van der Waals surface area contributed by atoms with Crippen molar-refractivity contribution < 1.29 is 4.74 Å². The normalized spacial score (nSPS) is 22.4. The topological polar surface area (TPSA) is 21.3 Å². The largest absolute Gasteiger partial charge is 0.379 e. The molecular weight excluding hydrogens is 182 g/mol. The fraction of sp³-hybridized carbons (Fsp3) is 1.00. The Morgan fingerprint density at radius 2 is 2.15 bits per heavy atom. The van der Waals surface area contributed by atoms with Crippen molar-refractivity contribution in [3.05, 3.63) is 0 Å². The van der Waals surface area contributed by atoms with E-state index in [1.165, 1.54) is 6.42 Å². The molecule has 0 radical (unpaired) electrons. The molecule has 1 fully saturated rings. The highest BCUT2D eigenvalue weighted by molar-refractivity contribution is 8.00. The van der Waals surface area contributed by atoms with E-state index in [-0.39, 0.29) is 0 Å². The van der Waals surface area contributed by atoms with E-state index in [9.17, 15) is 0 Å². The smallest absolute Gasteiger partial charge is 0.0608 e. The summed E-state index contributed by atoms with van der Waals surface area (Å²) in [6, 6.07) is 0.616. The molecule has 0 aromatic heterocycles. The molecule has 2 atom stereocenters. The predicted octanol–water partition coefficient (Wildman–Crippen LogP) is 1.90. The second-order valence-corrected chi connectivity index (χ2v) is 5.43. The van der Waals surface area contributed by atoms with E-state index in [1.54, 1.807) is 0 Å². The van der Waals surface area contributed by atoms with E-state index in [1.807, 2.05) is 0 Å². The molecule has 0 aliphatic carbocycles. The monoisotopic (exact) mass is 203 g/mol. The van der Waals surface area contributed by atoms with Crippen LogP contribution in [0.15, 0.2) is 0 Å². The number of hydrogen-bond donors (Lipinski definition) is 1. The Kier molecular flexibility index (Phi) is 5.14. The van der Waals surface area contributed by atoms with Gasteiger partial charge in [-0.2, -0.15) is 0 Å². The average molecular weight is 203 g/mol. The molecule has 1 aliphatic rings. The van der Waals surface area contributed by atoms with Crippen LogP contribution in [-0.4, -0.2) is 36.3 Å². The maximum Gasteiger partial charge on any atom is 0.0608 e. The van der Waals surface area contributed by atoms with Crippen molar-refractivity contribution in [3.8, 4) is 0 Å². The minimum Gasteiger partial charge on any atom is -0.379 e. The molecule has 0 bridgehead atoms. The molecule has 1 N–H and O–H groups in total. The van der Waals surface area contributed by atoms with Gasteiger partial charge in [-0.3, -0.25) is 0 Å². The summed E-state index contributed by atoms with van der Waals surface area (Å²) < 4.78 is 5.16. The molecule has 3 heteroatoms. The lowest BCUT2D eigenvalue weighted by molar-refractivity contribution is 0.0452. The Morgan fingerprint density at radius 3 is 2.62 bits per heavy atom. The lowest BCUT2D eigenvalue weighted by atomic mass is 10.2. The molecule has 1 aliphatic heterocycles. The van der Waals surface area contributed by atoms with Gasteiger partial charge in [-0.05, 0) is 19.9 Å². The summed E-state index contributed by atoms with van der Waals surface area (Å²) in [6.07, 6.45) is 1.22. The molecular formula is C10H21NOS. The van der Waals surface area contributed by atoms with Crippen LogP contribution in [0.3, 0.4) is 0 Å². The van der Waals surface area contributed by atoms with Gasteiger partial charge >= 0.3 is 0 Å². The highest BCUT2D eigenvalue weighted by Crippen LogP contribution is 2.25. The Labute approximate surface area is 85.8 Å². The quantitative estimate of drug-likeness (QED) is 0.712. The van der Waals surface area contributed by atoms with Crippen molar-refractivity contribution in [1.29, 1.82) is 0 Å². The zero-order chi connectivity index (χ0) is 9.68. The SMILES string of the molecule is CCCNC(C)C(C)SC1COC1. The molecule has 0 amide bonds. The van der Waals surface area contributed by atoms with Crippen LogP contribution in [0.4, 0.5) is 0 Å². The molecule has 1 heterocycles. The highest BCUT2D eigenvalue weighted by Gasteiger charge is 2.23. The van der Waals surface area contributed by atoms with Gasteiger partial charge in [0, 0.05) is 11.3 Å². The van der Waals surface area contributed by atoms with E-state index < -0.39 is 0 Å². The van der Waals surface area contributed by atoms with Crippen LogP contribution >= 0.6 is 11.8 Å². The van der Waals surface area contributed by atoms with Crippen molar-refractivity contribution in [1.82, 2.24) is 5.32 Å². The third-order valence-corrected chi connectivity index (χ3v) is 3.93. The Bertz CT molecular complexity index is 139. The zero-order valence-corrected chi connectivity index (χ0v) is 9.69. The van der Waals surface area contributed by atoms with Gasteiger partial charge in [0.2, 0.25) is 0 Å². The van der Waals surface area contributed by atoms with Crippen LogP contribution in [0.5, 0.6) is 0 Å². The fourth-order valence-corrected chi connectivity index (χ4v) is 2.54. The first-order valence-electron chi connectivity index (χ1n) is 5.20. The van der Waals surface area contributed by atoms with E-state index >= 15 is 0 Å². The molecule has 0 aromatic carbocycles. The number of rotatable bonds is 6. The maximum atomic E-state index is 5.16. The van der Waals surface area contributed by atoms with Crippen molar-refractivity contribution in [2.45, 2.75) is 43.7 Å². The molecule has 2 nitrogen and oxygen atoms in total. The lowest BCUT2D eigenvalue weighted by Gasteiger charge is -2.30. The summed E-state index contributed by atoms with van der Waals surface area (Å²) >= 11 is 2.06. The van der Waals surface area contributed by atoms with E-state index in [0.29, 0.717) is 11.3 Å². The minimum atomic E-state index is 0.616. The standard InChI is InChI=1S/C10H21NOS/c1-4-5-11-8(2)9(3)13-10-6-12-7-10/h8-11H,4-7H2,1-3H3. The fourth-order valence-electron chi connectivity index (χ4n) is 1.25. The van der Waals surface area contributed by atoms with Crippen LogP contribution in [0.2, 0.25) is 0 Å². The summed E-state index contributed by atoms with van der Waals surface area (Å²) in [6.45, 7) is 9.82. The highest BCUT2D eigenvalue weighted by atomic mass is 32.2. The second-order valence-electron chi connectivity index (χ2n) is 3.74. The van der Waals surface area contributed by atoms with Crippen LogP contribution in [-0.2, 0) is 4.74 Å². The van der Waals surface area contributed by atoms with Gasteiger partial charge in [-0.1, -0.05) is 13.8 Å². The summed E-state index contributed by atoms with van der Waals surface area (Å²) in [7, 11) is 0. The Hall–Kier alpha value is 0.270. The molecule has 13 heavy (non-hydrogen) atoms. The second kappa shape index (κ2) is 5.89. The van der Waals surface area contributed by atoms with Crippen LogP contribution < -0.4 is 5.32 Å². The lowest BCUT2D eigenvalue weighted by Crippen LogP contribution is -2.39. The number of thioether (sulfide) groups is 1. The van der Waals surface area contributed by atoms with Crippen LogP contribution in [0.25, 0.3) is 0 Å². The van der Waals surface area contributed by atoms with Gasteiger partial charge in [-0.25, -0.2) is 0 Å². The molecule has 1 saturated heterocycles. The Balaban J connectivity index is 2.09. The minimum absolute atomic E-state index is 0.616. The molecule has 0 saturated carbocycles. The first kappa shape index (κ1) is 11.3. The van der Waals surface area contributed by atoms with E-state index in [2.05, 4.69) is 37.8 Å². The number of nitrogens with one attached hydrogen (secondary N) is 1. The zero-order valence-electron chi connectivity index (χ0n) is 8.88. The third-order valence-electron chi connectivity index (χ3n) is 2.44.